The molecular formula is C27H29ClF3NO6S. The summed E-state index contributed by atoms with van der Waals surface area (Å²) in [5, 5.41) is 21.6. The third-order valence-corrected chi connectivity index (χ3v) is 10.6. The molecular weight excluding hydrogens is 559 g/mol. The molecule has 2 saturated carbocycles. The number of benzene rings is 2. The van der Waals surface area contributed by atoms with Gasteiger partial charge >= 0.3 is 0 Å². The summed E-state index contributed by atoms with van der Waals surface area (Å²) in [4.78, 5) is 24.5. The Bertz CT molecular complexity index is 1350. The lowest BCUT2D eigenvalue weighted by Crippen LogP contribution is -2.48. The van der Waals surface area contributed by atoms with Crippen LogP contribution >= 0.6 is 11.6 Å². The second kappa shape index (κ2) is 11.6. The van der Waals surface area contributed by atoms with Gasteiger partial charge in [0.2, 0.25) is 0 Å². The molecule has 7 nitrogen and oxygen atoms in total. The summed E-state index contributed by atoms with van der Waals surface area (Å²) in [5.74, 6) is -6.26. The largest absolute Gasteiger partial charge is 0.396 e. The molecule has 39 heavy (non-hydrogen) atoms. The number of amides is 1. The lowest BCUT2D eigenvalue weighted by molar-refractivity contribution is -0.123. The zero-order valence-corrected chi connectivity index (χ0v) is 22.5. The molecule has 2 aliphatic rings. The number of anilines is 1. The number of hydrogen-bond acceptors (Lipinski definition) is 6. The zero-order valence-electron chi connectivity index (χ0n) is 20.9. The van der Waals surface area contributed by atoms with Crippen molar-refractivity contribution in [2.45, 2.75) is 67.1 Å². The van der Waals surface area contributed by atoms with E-state index in [1.807, 2.05) is 0 Å². The number of rotatable bonds is 10. The van der Waals surface area contributed by atoms with E-state index in [0.29, 0.717) is 31.4 Å². The highest BCUT2D eigenvalue weighted by molar-refractivity contribution is 7.92. The molecule has 0 aliphatic heterocycles. The molecule has 0 saturated heterocycles. The van der Waals surface area contributed by atoms with Crippen molar-refractivity contribution in [1.29, 1.82) is 0 Å². The van der Waals surface area contributed by atoms with Crippen LogP contribution in [-0.2, 0) is 14.6 Å². The molecule has 2 fully saturated rings. The van der Waals surface area contributed by atoms with Gasteiger partial charge in [0.15, 0.2) is 27.3 Å². The maximum atomic E-state index is 13.7. The second-order valence-corrected chi connectivity index (χ2v) is 12.9. The normalized spacial score (nSPS) is 24.5. The van der Waals surface area contributed by atoms with Gasteiger partial charge in [-0.1, -0.05) is 11.6 Å². The molecule has 2 bridgehead atoms. The van der Waals surface area contributed by atoms with E-state index in [1.165, 1.54) is 12.1 Å². The highest BCUT2D eigenvalue weighted by atomic mass is 35.5. The first kappa shape index (κ1) is 29.5. The predicted octanol–water partition coefficient (Wildman–Crippen LogP) is 4.82. The Morgan fingerprint density at radius 1 is 1.03 bits per heavy atom. The topological polar surface area (TPSA) is 121 Å². The van der Waals surface area contributed by atoms with Gasteiger partial charge in [-0.05, 0) is 68.6 Å². The van der Waals surface area contributed by atoms with E-state index in [1.54, 1.807) is 0 Å². The first-order valence-corrected chi connectivity index (χ1v) is 14.6. The summed E-state index contributed by atoms with van der Waals surface area (Å²) in [6, 6.07) is 4.78. The smallest absolute Gasteiger partial charge is 0.255 e. The zero-order chi connectivity index (χ0) is 28.5. The average Bonchev–Trinajstić information content (AvgIpc) is 3.05. The van der Waals surface area contributed by atoms with Crippen LogP contribution in [0.25, 0.3) is 0 Å². The molecule has 3 N–H and O–H groups in total. The molecule has 1 amide bonds. The fourth-order valence-electron chi connectivity index (χ4n) is 5.89. The summed E-state index contributed by atoms with van der Waals surface area (Å²) < 4.78 is 67.6. The number of aliphatic hydroxyl groups is 2. The van der Waals surface area contributed by atoms with Crippen LogP contribution in [0.4, 0.5) is 18.9 Å². The average molecular weight is 588 g/mol. The monoisotopic (exact) mass is 587 g/mol. The Labute approximate surface area is 229 Å². The summed E-state index contributed by atoms with van der Waals surface area (Å²) in [7, 11) is -4.05. The number of aliphatic hydroxyl groups excluding tert-OH is 1. The fourth-order valence-corrected chi connectivity index (χ4v) is 8.29. The third kappa shape index (κ3) is 6.01. The van der Waals surface area contributed by atoms with Crippen LogP contribution in [0, 0.1) is 29.3 Å². The van der Waals surface area contributed by atoms with Crippen LogP contribution in [0.2, 0.25) is 5.02 Å². The molecule has 0 heterocycles. The van der Waals surface area contributed by atoms with E-state index in [9.17, 15) is 36.3 Å². The van der Waals surface area contributed by atoms with Gasteiger partial charge in [-0.15, -0.1) is 0 Å². The molecule has 3 unspecified atom stereocenters. The minimum Gasteiger partial charge on any atom is -0.396 e. The van der Waals surface area contributed by atoms with Crippen LogP contribution in [0.3, 0.4) is 0 Å². The van der Waals surface area contributed by atoms with Crippen LogP contribution in [0.15, 0.2) is 35.2 Å². The van der Waals surface area contributed by atoms with Gasteiger partial charge in [-0.25, -0.2) is 21.6 Å². The van der Waals surface area contributed by atoms with E-state index in [4.69, 9.17) is 16.7 Å². The van der Waals surface area contributed by atoms with Crippen LogP contribution in [0.5, 0.6) is 0 Å². The highest BCUT2D eigenvalue weighted by Crippen LogP contribution is 2.54. The van der Waals surface area contributed by atoms with Crippen molar-refractivity contribution in [3.05, 3.63) is 58.4 Å². The van der Waals surface area contributed by atoms with Crippen molar-refractivity contribution in [1.82, 2.24) is 0 Å². The standard InChI is InChI=1S/C27H29ClF3NO6S/c28-21-6-3-15(26(35)32-18-13-22(29)25(31)23(30)14-18)10-24(21)39(37,38)20-11-16-4-5-17(12-20)27(16,36)8-7-19(34)2-1-9-33/h3,6,10,13-14,16-17,20,33,36H,1-2,4-5,7-9,11-12H2,(H,32,35)/t16-,17?,20?,27?/m0/s1. The summed E-state index contributed by atoms with van der Waals surface area (Å²) >= 11 is 6.24. The van der Waals surface area contributed by atoms with Gasteiger partial charge in [-0.2, -0.15) is 0 Å². The number of nitrogens with one attached hydrogen (secondary N) is 1. The predicted molar refractivity (Wildman–Crippen MR) is 138 cm³/mol. The first-order valence-electron chi connectivity index (χ1n) is 12.7. The molecule has 0 aromatic heterocycles. The molecule has 212 valence electrons. The molecule has 0 radical (unpaired) electrons. The maximum absolute atomic E-state index is 13.7. The second-order valence-electron chi connectivity index (χ2n) is 10.3. The molecule has 12 heteroatoms. The number of fused-ring (bicyclic) bond motifs is 2. The Morgan fingerprint density at radius 2 is 1.64 bits per heavy atom. The summed E-state index contributed by atoms with van der Waals surface area (Å²) in [6.45, 7) is -0.0877. The number of sulfone groups is 1. The fraction of sp³-hybridized carbons (Fsp3) is 0.481. The molecule has 0 spiro atoms. The van der Waals surface area contributed by atoms with E-state index in [-0.39, 0.29) is 77.5 Å². The number of carbonyl (C=O) groups excluding carboxylic acids is 2. The van der Waals surface area contributed by atoms with Gasteiger partial charge in [0.1, 0.15) is 5.78 Å². The van der Waals surface area contributed by atoms with Gasteiger partial charge < -0.3 is 15.5 Å². The minimum absolute atomic E-state index is 0.0559. The summed E-state index contributed by atoms with van der Waals surface area (Å²) in [5.41, 5.74) is -1.64. The van der Waals surface area contributed by atoms with E-state index >= 15 is 0 Å². The lowest BCUT2D eigenvalue weighted by Gasteiger charge is -2.42. The van der Waals surface area contributed by atoms with Gasteiger partial charge in [0.05, 0.1) is 20.8 Å². The van der Waals surface area contributed by atoms with Crippen molar-refractivity contribution >= 4 is 38.8 Å². The minimum atomic E-state index is -4.05. The molecule has 4 rings (SSSR count). The third-order valence-electron chi connectivity index (χ3n) is 7.97. The van der Waals surface area contributed by atoms with Crippen LogP contribution in [-0.4, -0.2) is 47.8 Å². The van der Waals surface area contributed by atoms with Crippen molar-refractivity contribution in [3.8, 4) is 0 Å². The van der Waals surface area contributed by atoms with Crippen molar-refractivity contribution in [3.63, 3.8) is 0 Å². The van der Waals surface area contributed by atoms with E-state index in [0.717, 1.165) is 6.07 Å². The molecule has 2 aromatic rings. The molecule has 2 aliphatic carbocycles. The first-order chi connectivity index (χ1) is 18.4. The van der Waals surface area contributed by atoms with E-state index < -0.39 is 44.0 Å². The number of ketones is 1. The molecule has 4 atom stereocenters. The maximum Gasteiger partial charge on any atom is 0.255 e. The Morgan fingerprint density at radius 3 is 2.23 bits per heavy atom. The number of carbonyl (C=O) groups is 2. The van der Waals surface area contributed by atoms with Gasteiger partial charge in [-0.3, -0.25) is 9.59 Å². The van der Waals surface area contributed by atoms with Gasteiger partial charge in [0.25, 0.3) is 5.91 Å². The highest BCUT2D eigenvalue weighted by Gasteiger charge is 2.55. The lowest BCUT2D eigenvalue weighted by atomic mass is 9.71. The number of Topliss-reactive ketones (excluding diaryl/α,β-unsaturated/α-hetero) is 1. The number of halogens is 4. The Kier molecular flexibility index (Phi) is 8.75. The Hall–Kier alpha value is -2.47. The van der Waals surface area contributed by atoms with Crippen molar-refractivity contribution in [2.75, 3.05) is 11.9 Å². The number of hydrogen-bond donors (Lipinski definition) is 3. The van der Waals surface area contributed by atoms with E-state index in [2.05, 4.69) is 5.32 Å². The van der Waals surface area contributed by atoms with Crippen molar-refractivity contribution in [2.24, 2.45) is 11.8 Å². The molecule has 2 aromatic carbocycles. The summed E-state index contributed by atoms with van der Waals surface area (Å²) in [6.07, 6.45) is 2.57. The van der Waals surface area contributed by atoms with Crippen molar-refractivity contribution < 1.29 is 41.4 Å². The SMILES string of the molecule is O=C(CCCO)CCC1(O)C2CC[C@H]1CC(S(=O)(=O)c1cc(C(=O)Nc3cc(F)c(F)c(F)c3)ccc1Cl)C2. The van der Waals surface area contributed by atoms with Crippen LogP contribution < -0.4 is 5.32 Å². The van der Waals surface area contributed by atoms with Gasteiger partial charge in [0, 0.05) is 42.8 Å². The Balaban J connectivity index is 1.51. The van der Waals surface area contributed by atoms with Crippen LogP contribution in [0.1, 0.15) is 61.7 Å². The quantitative estimate of drug-likeness (QED) is 0.343.